The van der Waals surface area contributed by atoms with Gasteiger partial charge in [0.25, 0.3) is 0 Å². The lowest BCUT2D eigenvalue weighted by molar-refractivity contribution is -0.141. The summed E-state index contributed by atoms with van der Waals surface area (Å²) >= 11 is 0. The van der Waals surface area contributed by atoms with E-state index in [1.807, 2.05) is 20.8 Å². The predicted molar refractivity (Wildman–Crippen MR) is 64.8 cm³/mol. The van der Waals surface area contributed by atoms with Crippen molar-refractivity contribution in [1.82, 2.24) is 0 Å². The maximum Gasteiger partial charge on any atom is 0.306 e. The zero-order valence-electron chi connectivity index (χ0n) is 10.5. The van der Waals surface area contributed by atoms with Gasteiger partial charge in [-0.15, -0.1) is 6.58 Å². The van der Waals surface area contributed by atoms with E-state index in [0.717, 1.165) is 0 Å². The van der Waals surface area contributed by atoms with Crippen LogP contribution in [0.15, 0.2) is 17.6 Å². The average molecular weight is 227 g/mol. The number of hydrogen-bond acceptors (Lipinski definition) is 3. The number of rotatable bonds is 5. The minimum atomic E-state index is -0.844. The van der Waals surface area contributed by atoms with Crippen LogP contribution in [-0.4, -0.2) is 29.1 Å². The van der Waals surface area contributed by atoms with Gasteiger partial charge in [0.05, 0.1) is 12.5 Å². The third-order valence-electron chi connectivity index (χ3n) is 1.72. The Bertz CT molecular complexity index is 276. The van der Waals surface area contributed by atoms with E-state index in [1.54, 1.807) is 13.0 Å². The quantitative estimate of drug-likeness (QED) is 0.446. The highest BCUT2D eigenvalue weighted by Crippen LogP contribution is 2.13. The van der Waals surface area contributed by atoms with Crippen LogP contribution in [0.1, 0.15) is 34.1 Å². The third kappa shape index (κ3) is 7.04. The summed E-state index contributed by atoms with van der Waals surface area (Å²) in [5.74, 6) is -0.864. The van der Waals surface area contributed by atoms with E-state index >= 15 is 0 Å². The Morgan fingerprint density at radius 2 is 2.12 bits per heavy atom. The van der Waals surface area contributed by atoms with Crippen LogP contribution in [0, 0.1) is 5.92 Å². The van der Waals surface area contributed by atoms with Gasteiger partial charge in [0.15, 0.2) is 5.90 Å². The molecule has 0 unspecified atom stereocenters. The molecule has 0 fully saturated rings. The molecule has 0 bridgehead atoms. The van der Waals surface area contributed by atoms with Gasteiger partial charge >= 0.3 is 5.97 Å². The fourth-order valence-electron chi connectivity index (χ4n) is 1.01. The molecule has 0 aliphatic heterocycles. The van der Waals surface area contributed by atoms with Crippen molar-refractivity contribution in [2.45, 2.75) is 39.7 Å². The largest absolute Gasteiger partial charge is 0.481 e. The third-order valence-corrected chi connectivity index (χ3v) is 1.72. The van der Waals surface area contributed by atoms with Crippen molar-refractivity contribution in [3.05, 3.63) is 12.7 Å². The van der Waals surface area contributed by atoms with Gasteiger partial charge < -0.3 is 9.84 Å². The van der Waals surface area contributed by atoms with Gasteiger partial charge in [-0.3, -0.25) is 9.79 Å². The molecule has 0 amide bonds. The lowest BCUT2D eigenvalue weighted by Crippen LogP contribution is -2.26. The van der Waals surface area contributed by atoms with Gasteiger partial charge in [-0.2, -0.15) is 0 Å². The number of carboxylic acids is 1. The summed E-state index contributed by atoms with van der Waals surface area (Å²) in [7, 11) is 0. The molecule has 92 valence electrons. The second-order valence-corrected chi connectivity index (χ2v) is 4.68. The van der Waals surface area contributed by atoms with Crippen LogP contribution in [0.3, 0.4) is 0 Å². The molecule has 0 spiro atoms. The highest BCUT2D eigenvalue weighted by Gasteiger charge is 2.20. The molecule has 0 radical (unpaired) electrons. The Morgan fingerprint density at radius 3 is 2.50 bits per heavy atom. The summed E-state index contributed by atoms with van der Waals surface area (Å²) in [6, 6.07) is 0. The molecule has 0 saturated carbocycles. The van der Waals surface area contributed by atoms with Crippen molar-refractivity contribution >= 4 is 11.9 Å². The second-order valence-electron chi connectivity index (χ2n) is 4.68. The molecule has 1 N–H and O–H groups in total. The van der Waals surface area contributed by atoms with E-state index in [1.165, 1.54) is 0 Å². The molecule has 4 nitrogen and oxygen atoms in total. The maximum atomic E-state index is 10.7. The van der Waals surface area contributed by atoms with Crippen LogP contribution in [0.5, 0.6) is 0 Å². The lowest BCUT2D eigenvalue weighted by atomic mass is 10.1. The number of nitrogens with zero attached hydrogens (tertiary/aromatic N) is 1. The molecule has 4 heteroatoms. The van der Waals surface area contributed by atoms with E-state index in [2.05, 4.69) is 11.6 Å². The van der Waals surface area contributed by atoms with E-state index < -0.39 is 11.9 Å². The number of carbonyl (C=O) groups is 1. The molecule has 0 aromatic carbocycles. The summed E-state index contributed by atoms with van der Waals surface area (Å²) in [5, 5.41) is 8.82. The molecule has 0 heterocycles. The molecule has 0 aliphatic rings. The van der Waals surface area contributed by atoms with Crippen LogP contribution in [0.4, 0.5) is 0 Å². The number of aliphatic imine (C=N–C) groups is 1. The van der Waals surface area contributed by atoms with Crippen LogP contribution < -0.4 is 0 Å². The fraction of sp³-hybridized carbons (Fsp3) is 0.667. The van der Waals surface area contributed by atoms with Crippen LogP contribution in [-0.2, 0) is 9.53 Å². The maximum absolute atomic E-state index is 10.7. The highest BCUT2D eigenvalue weighted by atomic mass is 16.5. The van der Waals surface area contributed by atoms with Crippen molar-refractivity contribution in [3.8, 4) is 0 Å². The highest BCUT2D eigenvalue weighted by molar-refractivity contribution is 5.82. The zero-order chi connectivity index (χ0) is 12.8. The summed E-state index contributed by atoms with van der Waals surface area (Å²) in [6.45, 7) is 11.4. The van der Waals surface area contributed by atoms with E-state index in [-0.39, 0.29) is 5.60 Å². The van der Waals surface area contributed by atoms with E-state index in [4.69, 9.17) is 9.84 Å². The van der Waals surface area contributed by atoms with Gasteiger partial charge in [-0.25, -0.2) is 0 Å². The standard InChI is InChI=1S/C12H21NO3/c1-6-7-13-10(16-12(3,4)5)8-9(2)11(14)15/h6,9H,1,7-8H2,2-5H3,(H,14,15)/t9-/m1/s1. The van der Waals surface area contributed by atoms with Gasteiger partial charge in [0.1, 0.15) is 5.60 Å². The Kier molecular flexibility index (Phi) is 5.78. The smallest absolute Gasteiger partial charge is 0.306 e. The number of ether oxygens (including phenoxy) is 1. The minimum Gasteiger partial charge on any atom is -0.481 e. The number of aliphatic carboxylic acids is 1. The average Bonchev–Trinajstić information content (AvgIpc) is 2.11. The molecule has 0 aromatic heterocycles. The van der Waals surface area contributed by atoms with Crippen molar-refractivity contribution in [2.75, 3.05) is 6.54 Å². The Hall–Kier alpha value is -1.32. The Labute approximate surface area is 97.0 Å². The van der Waals surface area contributed by atoms with Gasteiger partial charge in [0, 0.05) is 6.42 Å². The monoisotopic (exact) mass is 227 g/mol. The summed E-state index contributed by atoms with van der Waals surface area (Å²) < 4.78 is 5.60. The topological polar surface area (TPSA) is 58.9 Å². The number of carboxylic acid groups (broad SMARTS) is 1. The normalized spacial score (nSPS) is 14.4. The minimum absolute atomic E-state index is 0.306. The van der Waals surface area contributed by atoms with Crippen molar-refractivity contribution < 1.29 is 14.6 Å². The first-order chi connectivity index (χ1) is 7.26. The first-order valence-corrected chi connectivity index (χ1v) is 5.32. The molecular formula is C12H21NO3. The summed E-state index contributed by atoms with van der Waals surface area (Å²) in [4.78, 5) is 14.9. The molecule has 0 saturated heterocycles. The van der Waals surface area contributed by atoms with Crippen LogP contribution in [0.25, 0.3) is 0 Å². The van der Waals surface area contributed by atoms with Crippen molar-refractivity contribution in [1.29, 1.82) is 0 Å². The van der Waals surface area contributed by atoms with Crippen LogP contribution >= 0.6 is 0 Å². The van der Waals surface area contributed by atoms with Crippen LogP contribution in [0.2, 0.25) is 0 Å². The Morgan fingerprint density at radius 1 is 1.56 bits per heavy atom. The molecule has 0 aliphatic carbocycles. The van der Waals surface area contributed by atoms with Gasteiger partial charge in [-0.05, 0) is 20.8 Å². The molecule has 16 heavy (non-hydrogen) atoms. The Balaban J connectivity index is 4.56. The fourth-order valence-corrected chi connectivity index (χ4v) is 1.01. The van der Waals surface area contributed by atoms with E-state index in [9.17, 15) is 4.79 Å². The number of hydrogen-bond donors (Lipinski definition) is 1. The first-order valence-electron chi connectivity index (χ1n) is 5.32. The van der Waals surface area contributed by atoms with Gasteiger partial charge in [-0.1, -0.05) is 13.0 Å². The summed E-state index contributed by atoms with van der Waals surface area (Å²) in [6.07, 6.45) is 1.96. The van der Waals surface area contributed by atoms with Crippen molar-refractivity contribution in [2.24, 2.45) is 10.9 Å². The molecule has 1 atom stereocenters. The van der Waals surface area contributed by atoms with Crippen molar-refractivity contribution in [3.63, 3.8) is 0 Å². The molecule has 0 rings (SSSR count). The SMILES string of the molecule is C=CCN=C(C[C@@H](C)C(=O)O)OC(C)(C)C. The lowest BCUT2D eigenvalue weighted by Gasteiger charge is -2.23. The summed E-state index contributed by atoms with van der Waals surface area (Å²) in [5.41, 5.74) is -0.363. The molecular weight excluding hydrogens is 206 g/mol. The van der Waals surface area contributed by atoms with E-state index in [0.29, 0.717) is 18.9 Å². The van der Waals surface area contributed by atoms with Gasteiger partial charge in [0.2, 0.25) is 0 Å². The second kappa shape index (κ2) is 6.30. The first kappa shape index (κ1) is 14.7. The molecule has 0 aromatic rings. The zero-order valence-corrected chi connectivity index (χ0v) is 10.5. The predicted octanol–water partition coefficient (Wildman–Crippen LogP) is 2.50.